The van der Waals surface area contributed by atoms with E-state index in [1.165, 1.54) is 24.3 Å². The second-order valence-corrected chi connectivity index (χ2v) is 6.79. The van der Waals surface area contributed by atoms with Crippen LogP contribution >= 0.6 is 11.6 Å². The molecule has 0 spiro atoms. The van der Waals surface area contributed by atoms with Gasteiger partial charge in [0.05, 0.1) is 12.3 Å². The lowest BCUT2D eigenvalue weighted by atomic mass is 10.1. The maximum absolute atomic E-state index is 12.9. The van der Waals surface area contributed by atoms with Crippen LogP contribution in [0.5, 0.6) is 11.5 Å². The van der Waals surface area contributed by atoms with Gasteiger partial charge in [0.25, 0.3) is 11.8 Å². The van der Waals surface area contributed by atoms with Crippen LogP contribution in [0.25, 0.3) is 6.08 Å². The zero-order chi connectivity index (χ0) is 21.0. The van der Waals surface area contributed by atoms with E-state index in [4.69, 9.17) is 16.3 Å². The second-order valence-electron chi connectivity index (χ2n) is 6.36. The Morgan fingerprint density at radius 2 is 1.86 bits per heavy atom. The molecule has 3 rings (SSSR count). The van der Waals surface area contributed by atoms with Gasteiger partial charge in [0.1, 0.15) is 17.1 Å². The van der Waals surface area contributed by atoms with Gasteiger partial charge in [0, 0.05) is 10.6 Å². The monoisotopic (exact) mass is 414 g/mol. The highest BCUT2D eigenvalue weighted by atomic mass is 35.5. The number of halogens is 1. The number of amides is 4. The number of rotatable bonds is 6. The summed E-state index contributed by atoms with van der Waals surface area (Å²) in [6.45, 7) is 2.63. The topological polar surface area (TPSA) is 95.9 Å². The maximum atomic E-state index is 12.9. The molecule has 1 fully saturated rings. The van der Waals surface area contributed by atoms with Crippen LogP contribution in [0.4, 0.5) is 10.5 Å². The van der Waals surface area contributed by atoms with Crippen molar-refractivity contribution in [2.75, 3.05) is 11.5 Å². The molecule has 2 aromatic carbocycles. The van der Waals surface area contributed by atoms with E-state index >= 15 is 0 Å². The number of urea groups is 1. The van der Waals surface area contributed by atoms with Gasteiger partial charge in [0.15, 0.2) is 0 Å². The molecule has 1 saturated heterocycles. The standard InChI is InChI=1S/C21H19ClN2O5/c1-2-3-10-29-16-7-5-15(6-8-16)24-20(27)17(19(26)23-21(24)28)12-13-11-14(22)4-9-18(13)25/h4-9,11-12,25H,2-3,10H2,1H3,(H,23,26,28)/b17-12-. The third-order valence-electron chi connectivity index (χ3n) is 4.25. The van der Waals surface area contributed by atoms with Crippen LogP contribution < -0.4 is 15.0 Å². The van der Waals surface area contributed by atoms with Gasteiger partial charge in [-0.2, -0.15) is 0 Å². The minimum Gasteiger partial charge on any atom is -0.507 e. The SMILES string of the molecule is CCCCOc1ccc(N2C(=O)NC(=O)/C(=C/c3cc(Cl)ccc3O)C2=O)cc1. The number of imide groups is 2. The number of nitrogens with one attached hydrogen (secondary N) is 1. The van der Waals surface area contributed by atoms with E-state index in [1.807, 2.05) is 0 Å². The van der Waals surface area contributed by atoms with Crippen molar-refractivity contribution in [1.29, 1.82) is 0 Å². The van der Waals surface area contributed by atoms with Crippen LogP contribution in [-0.4, -0.2) is 29.6 Å². The fourth-order valence-electron chi connectivity index (χ4n) is 2.71. The third-order valence-corrected chi connectivity index (χ3v) is 4.49. The van der Waals surface area contributed by atoms with Crippen LogP contribution in [0.2, 0.25) is 5.02 Å². The van der Waals surface area contributed by atoms with Crippen molar-refractivity contribution in [3.05, 3.63) is 58.6 Å². The number of benzene rings is 2. The van der Waals surface area contributed by atoms with E-state index in [1.54, 1.807) is 24.3 Å². The molecular weight excluding hydrogens is 396 g/mol. The number of carbonyl (C=O) groups is 3. The number of hydrogen-bond donors (Lipinski definition) is 2. The minimum absolute atomic E-state index is 0.153. The van der Waals surface area contributed by atoms with Crippen molar-refractivity contribution in [2.45, 2.75) is 19.8 Å². The van der Waals surface area contributed by atoms with Crippen molar-refractivity contribution < 1.29 is 24.2 Å². The Bertz CT molecular complexity index is 985. The zero-order valence-corrected chi connectivity index (χ0v) is 16.4. The number of nitrogens with zero attached hydrogens (tertiary/aromatic N) is 1. The molecule has 1 aliphatic rings. The lowest BCUT2D eigenvalue weighted by Crippen LogP contribution is -2.54. The minimum atomic E-state index is -0.855. The molecule has 8 heteroatoms. The van der Waals surface area contributed by atoms with Crippen molar-refractivity contribution in [2.24, 2.45) is 0 Å². The predicted octanol–water partition coefficient (Wildman–Crippen LogP) is 3.89. The highest BCUT2D eigenvalue weighted by Gasteiger charge is 2.37. The number of anilines is 1. The summed E-state index contributed by atoms with van der Waals surface area (Å²) in [5.41, 5.74) is 0.166. The van der Waals surface area contributed by atoms with Crippen LogP contribution in [0, 0.1) is 0 Å². The Hall–Kier alpha value is -3.32. The Balaban J connectivity index is 1.89. The van der Waals surface area contributed by atoms with Crippen molar-refractivity contribution in [3.8, 4) is 11.5 Å². The highest BCUT2D eigenvalue weighted by molar-refractivity contribution is 6.39. The van der Waals surface area contributed by atoms with Gasteiger partial charge in [-0.1, -0.05) is 24.9 Å². The summed E-state index contributed by atoms with van der Waals surface area (Å²) in [5.74, 6) is -1.20. The normalized spacial score (nSPS) is 15.6. The number of ether oxygens (including phenoxy) is 1. The van der Waals surface area contributed by atoms with E-state index in [0.717, 1.165) is 17.7 Å². The molecule has 7 nitrogen and oxygen atoms in total. The summed E-state index contributed by atoms with van der Waals surface area (Å²) >= 11 is 5.91. The van der Waals surface area contributed by atoms with Gasteiger partial charge < -0.3 is 9.84 Å². The second kappa shape index (κ2) is 8.79. The molecule has 0 atom stereocenters. The van der Waals surface area contributed by atoms with Crippen LogP contribution in [0.3, 0.4) is 0 Å². The Kier molecular flexibility index (Phi) is 6.19. The van der Waals surface area contributed by atoms with Gasteiger partial charge in [-0.15, -0.1) is 0 Å². The van der Waals surface area contributed by atoms with E-state index in [0.29, 0.717) is 17.4 Å². The average Bonchev–Trinajstić information content (AvgIpc) is 2.69. The molecule has 2 aromatic rings. The average molecular weight is 415 g/mol. The third kappa shape index (κ3) is 4.57. The van der Waals surface area contributed by atoms with Crippen LogP contribution in [0.15, 0.2) is 48.0 Å². The summed E-state index contributed by atoms with van der Waals surface area (Å²) in [7, 11) is 0. The van der Waals surface area contributed by atoms with Crippen molar-refractivity contribution >= 4 is 41.2 Å². The summed E-state index contributed by atoms with van der Waals surface area (Å²) in [6, 6.07) is 9.79. The molecule has 4 amide bonds. The van der Waals surface area contributed by atoms with Crippen molar-refractivity contribution in [3.63, 3.8) is 0 Å². The van der Waals surface area contributed by atoms with Gasteiger partial charge >= 0.3 is 6.03 Å². The number of phenols is 1. The van der Waals surface area contributed by atoms with E-state index in [2.05, 4.69) is 12.2 Å². The molecule has 0 saturated carbocycles. The molecule has 0 aliphatic carbocycles. The smallest absolute Gasteiger partial charge is 0.335 e. The number of barbiturate groups is 1. The van der Waals surface area contributed by atoms with Crippen LogP contribution in [0.1, 0.15) is 25.3 Å². The summed E-state index contributed by atoms with van der Waals surface area (Å²) in [6.07, 6.45) is 3.12. The number of carbonyl (C=O) groups excluding carboxylic acids is 3. The molecule has 1 aliphatic heterocycles. The molecular formula is C21H19ClN2O5. The first-order valence-electron chi connectivity index (χ1n) is 9.03. The first-order valence-corrected chi connectivity index (χ1v) is 9.41. The molecule has 1 heterocycles. The number of phenolic OH excluding ortho intramolecular Hbond substituents is 1. The predicted molar refractivity (Wildman–Crippen MR) is 109 cm³/mol. The van der Waals surface area contributed by atoms with Gasteiger partial charge in [0.2, 0.25) is 0 Å². The van der Waals surface area contributed by atoms with E-state index in [-0.39, 0.29) is 22.6 Å². The van der Waals surface area contributed by atoms with Gasteiger partial charge in [-0.25, -0.2) is 9.69 Å². The molecule has 0 radical (unpaired) electrons. The van der Waals surface area contributed by atoms with Crippen molar-refractivity contribution in [1.82, 2.24) is 5.32 Å². The molecule has 29 heavy (non-hydrogen) atoms. The maximum Gasteiger partial charge on any atom is 0.335 e. The summed E-state index contributed by atoms with van der Waals surface area (Å²) < 4.78 is 5.57. The Morgan fingerprint density at radius 1 is 1.14 bits per heavy atom. The Labute approximate surface area is 172 Å². The number of hydrogen-bond acceptors (Lipinski definition) is 5. The summed E-state index contributed by atoms with van der Waals surface area (Å²) in [5, 5.41) is 12.4. The van der Waals surface area contributed by atoms with E-state index in [9.17, 15) is 19.5 Å². The lowest BCUT2D eigenvalue weighted by Gasteiger charge is -2.26. The fourth-order valence-corrected chi connectivity index (χ4v) is 2.89. The molecule has 0 aromatic heterocycles. The van der Waals surface area contributed by atoms with E-state index < -0.39 is 17.8 Å². The highest BCUT2D eigenvalue weighted by Crippen LogP contribution is 2.27. The summed E-state index contributed by atoms with van der Waals surface area (Å²) in [4.78, 5) is 38.2. The van der Waals surface area contributed by atoms with Gasteiger partial charge in [-0.3, -0.25) is 14.9 Å². The molecule has 0 unspecified atom stereocenters. The molecule has 150 valence electrons. The first-order chi connectivity index (χ1) is 13.9. The quantitative estimate of drug-likeness (QED) is 0.424. The lowest BCUT2D eigenvalue weighted by molar-refractivity contribution is -0.122. The molecule has 2 N–H and O–H groups in total. The van der Waals surface area contributed by atoms with Gasteiger partial charge in [-0.05, 0) is 55.0 Å². The zero-order valence-electron chi connectivity index (χ0n) is 15.6. The Morgan fingerprint density at radius 3 is 2.55 bits per heavy atom. The fraction of sp³-hybridized carbons (Fsp3) is 0.190. The number of unbranched alkanes of at least 4 members (excludes halogenated alkanes) is 1. The van der Waals surface area contributed by atoms with Crippen LogP contribution in [-0.2, 0) is 9.59 Å². The first kappa shape index (κ1) is 20.4. The molecule has 0 bridgehead atoms. The largest absolute Gasteiger partial charge is 0.507 e. The number of aromatic hydroxyl groups is 1.